The van der Waals surface area contributed by atoms with Crippen molar-refractivity contribution < 1.29 is 0 Å². The van der Waals surface area contributed by atoms with Crippen LogP contribution in [0.3, 0.4) is 0 Å². The van der Waals surface area contributed by atoms with Crippen LogP contribution in [0.5, 0.6) is 0 Å². The van der Waals surface area contributed by atoms with E-state index in [0.717, 1.165) is 19.3 Å². The lowest BCUT2D eigenvalue weighted by molar-refractivity contribution is 0.828. The molecule has 110 valence electrons. The van der Waals surface area contributed by atoms with Crippen LogP contribution in [0.25, 0.3) is 17.7 Å². The molecule has 22 heavy (non-hydrogen) atoms. The van der Waals surface area contributed by atoms with E-state index in [-0.39, 0.29) is 0 Å². The molecular formula is C22H22. The Bertz CT molecular complexity index is 812. The minimum Gasteiger partial charge on any atom is -0.0842 e. The molecule has 1 atom stereocenters. The van der Waals surface area contributed by atoms with E-state index in [1.165, 1.54) is 40.0 Å². The van der Waals surface area contributed by atoms with E-state index in [0.29, 0.717) is 5.92 Å². The average Bonchev–Trinajstić information content (AvgIpc) is 2.62. The first-order valence-corrected chi connectivity index (χ1v) is 8.45. The molecule has 0 heterocycles. The van der Waals surface area contributed by atoms with Gasteiger partial charge in [-0.15, -0.1) is 0 Å². The topological polar surface area (TPSA) is 0 Å². The van der Waals surface area contributed by atoms with Crippen molar-refractivity contribution in [2.75, 3.05) is 0 Å². The van der Waals surface area contributed by atoms with Gasteiger partial charge in [0, 0.05) is 5.92 Å². The summed E-state index contributed by atoms with van der Waals surface area (Å²) in [4.78, 5) is 0. The van der Waals surface area contributed by atoms with E-state index in [9.17, 15) is 0 Å². The highest BCUT2D eigenvalue weighted by atomic mass is 14.2. The molecule has 1 aromatic rings. The van der Waals surface area contributed by atoms with E-state index in [1.54, 1.807) is 0 Å². The smallest absolute Gasteiger partial charge is 0.00589 e. The van der Waals surface area contributed by atoms with Crippen molar-refractivity contribution in [3.05, 3.63) is 76.2 Å². The maximum absolute atomic E-state index is 2.51. The molecule has 0 radical (unpaired) electrons. The summed E-state index contributed by atoms with van der Waals surface area (Å²) in [7, 11) is 0. The SMILES string of the molecule is C1=CCCC(c2cccc3c2=CC(C2=CCCC=C2)CC=3)=C1. The van der Waals surface area contributed by atoms with Crippen LogP contribution >= 0.6 is 0 Å². The second-order valence-corrected chi connectivity index (χ2v) is 6.36. The van der Waals surface area contributed by atoms with Crippen LogP contribution in [0.1, 0.15) is 37.7 Å². The largest absolute Gasteiger partial charge is 0.0842 e. The summed E-state index contributed by atoms with van der Waals surface area (Å²) in [6.07, 6.45) is 24.6. The molecule has 0 amide bonds. The predicted molar refractivity (Wildman–Crippen MR) is 95.5 cm³/mol. The molecule has 0 aliphatic heterocycles. The second-order valence-electron chi connectivity index (χ2n) is 6.36. The first-order chi connectivity index (χ1) is 10.9. The van der Waals surface area contributed by atoms with Gasteiger partial charge in [-0.05, 0) is 59.3 Å². The minimum atomic E-state index is 0.546. The molecule has 0 nitrogen and oxygen atoms in total. The Hall–Kier alpha value is -2.08. The highest BCUT2D eigenvalue weighted by Gasteiger charge is 2.14. The third-order valence-corrected chi connectivity index (χ3v) is 4.91. The Kier molecular flexibility index (Phi) is 3.68. The number of hydrogen-bond donors (Lipinski definition) is 0. The lowest BCUT2D eigenvalue weighted by Crippen LogP contribution is -2.32. The zero-order valence-corrected chi connectivity index (χ0v) is 13.0. The fourth-order valence-electron chi connectivity index (χ4n) is 3.72. The van der Waals surface area contributed by atoms with Crippen molar-refractivity contribution in [2.24, 2.45) is 5.92 Å². The third-order valence-electron chi connectivity index (χ3n) is 4.91. The van der Waals surface area contributed by atoms with Crippen molar-refractivity contribution in [1.82, 2.24) is 0 Å². The first kappa shape index (κ1) is 13.6. The highest BCUT2D eigenvalue weighted by molar-refractivity contribution is 5.70. The maximum atomic E-state index is 2.51. The van der Waals surface area contributed by atoms with Gasteiger partial charge in [0.25, 0.3) is 0 Å². The Morgan fingerprint density at radius 3 is 2.77 bits per heavy atom. The molecule has 1 aromatic carbocycles. The molecule has 0 saturated carbocycles. The van der Waals surface area contributed by atoms with Crippen LogP contribution in [0.4, 0.5) is 0 Å². The predicted octanol–water partition coefficient (Wildman–Crippen LogP) is 4.28. The molecule has 4 rings (SSSR count). The van der Waals surface area contributed by atoms with Crippen molar-refractivity contribution in [1.29, 1.82) is 0 Å². The van der Waals surface area contributed by atoms with Crippen LogP contribution in [-0.4, -0.2) is 0 Å². The third kappa shape index (κ3) is 2.54. The van der Waals surface area contributed by atoms with Crippen LogP contribution < -0.4 is 10.4 Å². The van der Waals surface area contributed by atoms with Crippen molar-refractivity contribution in [3.8, 4) is 0 Å². The number of fused-ring (bicyclic) bond motifs is 1. The number of rotatable bonds is 2. The fourth-order valence-corrected chi connectivity index (χ4v) is 3.72. The highest BCUT2D eigenvalue weighted by Crippen LogP contribution is 2.26. The molecule has 0 spiro atoms. The quantitative estimate of drug-likeness (QED) is 0.761. The van der Waals surface area contributed by atoms with E-state index < -0.39 is 0 Å². The van der Waals surface area contributed by atoms with Gasteiger partial charge in [-0.3, -0.25) is 0 Å². The van der Waals surface area contributed by atoms with Gasteiger partial charge in [-0.2, -0.15) is 0 Å². The normalized spacial score (nSPS) is 23.0. The number of hydrogen-bond acceptors (Lipinski definition) is 0. The molecule has 1 unspecified atom stereocenters. The van der Waals surface area contributed by atoms with Gasteiger partial charge in [0.2, 0.25) is 0 Å². The fraction of sp³-hybridized carbons (Fsp3) is 0.273. The van der Waals surface area contributed by atoms with Crippen molar-refractivity contribution in [3.63, 3.8) is 0 Å². The molecule has 0 aromatic heterocycles. The van der Waals surface area contributed by atoms with Gasteiger partial charge in [0.15, 0.2) is 0 Å². The second kappa shape index (κ2) is 5.96. The molecule has 0 N–H and O–H groups in total. The monoisotopic (exact) mass is 286 g/mol. The standard InChI is InChI=1S/C22H22/c1-3-8-17(9-4-1)20-15-14-19-12-7-13-21(22(19)16-20)18-10-5-2-6-11-18/h2-3,5,7-10,12-14,16,20H,1,4,6,11,15H2. The Morgan fingerprint density at radius 1 is 0.955 bits per heavy atom. The van der Waals surface area contributed by atoms with Crippen LogP contribution in [-0.2, 0) is 0 Å². The zero-order valence-electron chi connectivity index (χ0n) is 13.0. The molecule has 0 bridgehead atoms. The van der Waals surface area contributed by atoms with Gasteiger partial charge >= 0.3 is 0 Å². The summed E-state index contributed by atoms with van der Waals surface area (Å²) in [6, 6.07) is 6.76. The Morgan fingerprint density at radius 2 is 1.95 bits per heavy atom. The van der Waals surface area contributed by atoms with Crippen LogP contribution in [0, 0.1) is 5.92 Å². The van der Waals surface area contributed by atoms with Crippen LogP contribution in [0.15, 0.2) is 60.2 Å². The van der Waals surface area contributed by atoms with E-state index in [2.05, 4.69) is 66.8 Å². The molecule has 0 saturated heterocycles. The van der Waals surface area contributed by atoms with Crippen LogP contribution in [0.2, 0.25) is 0 Å². The van der Waals surface area contributed by atoms with Gasteiger partial charge in [-0.1, -0.05) is 66.8 Å². The van der Waals surface area contributed by atoms with E-state index in [4.69, 9.17) is 0 Å². The summed E-state index contributed by atoms with van der Waals surface area (Å²) >= 11 is 0. The summed E-state index contributed by atoms with van der Waals surface area (Å²) in [5, 5.41) is 2.85. The molecule has 0 fully saturated rings. The maximum Gasteiger partial charge on any atom is 0.00589 e. The summed E-state index contributed by atoms with van der Waals surface area (Å²) in [5.41, 5.74) is 4.42. The molecular weight excluding hydrogens is 264 g/mol. The molecule has 3 aliphatic rings. The van der Waals surface area contributed by atoms with Crippen molar-refractivity contribution >= 4 is 17.7 Å². The van der Waals surface area contributed by atoms with Gasteiger partial charge in [0.1, 0.15) is 0 Å². The summed E-state index contributed by atoms with van der Waals surface area (Å²) in [5.74, 6) is 0.546. The lowest BCUT2D eigenvalue weighted by atomic mass is 9.85. The Labute approximate surface area is 132 Å². The Balaban J connectivity index is 1.82. The average molecular weight is 286 g/mol. The summed E-state index contributed by atoms with van der Waals surface area (Å²) in [6.45, 7) is 0. The van der Waals surface area contributed by atoms with Gasteiger partial charge < -0.3 is 0 Å². The molecule has 3 aliphatic carbocycles. The molecule has 0 heteroatoms. The van der Waals surface area contributed by atoms with Crippen molar-refractivity contribution in [2.45, 2.75) is 32.1 Å². The lowest BCUT2D eigenvalue weighted by Gasteiger charge is -2.20. The summed E-state index contributed by atoms with van der Waals surface area (Å²) < 4.78 is 0. The number of allylic oxidation sites excluding steroid dienone is 8. The van der Waals surface area contributed by atoms with E-state index in [1.807, 2.05) is 0 Å². The minimum absolute atomic E-state index is 0.546. The first-order valence-electron chi connectivity index (χ1n) is 8.45. The number of benzene rings is 1. The van der Waals surface area contributed by atoms with Gasteiger partial charge in [-0.25, -0.2) is 0 Å². The zero-order chi connectivity index (χ0) is 14.8. The van der Waals surface area contributed by atoms with E-state index >= 15 is 0 Å². The van der Waals surface area contributed by atoms with Gasteiger partial charge in [0.05, 0.1) is 0 Å².